The molecule has 0 N–H and O–H groups in total. The molecule has 5 nitrogen and oxygen atoms in total. The SMILES string of the molecule is FC(F)(F)C(F)(F)C(F)(F)COc1nsnc1OC1CN2CCC1CC2. The lowest BCUT2D eigenvalue weighted by molar-refractivity contribution is -0.358. The normalized spacial score (nSPS) is 26.8. The van der Waals surface area contributed by atoms with Gasteiger partial charge in [0.2, 0.25) is 0 Å². The molecule has 2 bridgehead atoms. The first-order valence-corrected chi connectivity index (χ1v) is 8.41. The molecule has 0 aromatic carbocycles. The predicted molar refractivity (Wildman–Crippen MR) is 74.9 cm³/mol. The van der Waals surface area contributed by atoms with Crippen LogP contribution in [0.4, 0.5) is 30.7 Å². The quantitative estimate of drug-likeness (QED) is 0.676. The molecule has 4 rings (SSSR count). The Morgan fingerprint density at radius 3 is 2.15 bits per heavy atom. The van der Waals surface area contributed by atoms with E-state index < -0.39 is 30.5 Å². The lowest BCUT2D eigenvalue weighted by Crippen LogP contribution is -2.54. The van der Waals surface area contributed by atoms with Gasteiger partial charge in [-0.1, -0.05) is 0 Å². The second-order valence-corrected chi connectivity index (χ2v) is 6.76. The topological polar surface area (TPSA) is 47.5 Å². The van der Waals surface area contributed by atoms with Crippen molar-refractivity contribution >= 4 is 11.7 Å². The highest BCUT2D eigenvalue weighted by molar-refractivity contribution is 6.99. The van der Waals surface area contributed by atoms with Crippen LogP contribution in [0.1, 0.15) is 12.8 Å². The van der Waals surface area contributed by atoms with E-state index >= 15 is 0 Å². The molecule has 4 heterocycles. The van der Waals surface area contributed by atoms with Gasteiger partial charge in [-0.15, -0.1) is 8.75 Å². The summed E-state index contributed by atoms with van der Waals surface area (Å²) in [6.07, 6.45) is -4.93. The van der Waals surface area contributed by atoms with Crippen LogP contribution in [0.5, 0.6) is 11.8 Å². The Bertz CT molecular complexity index is 631. The van der Waals surface area contributed by atoms with E-state index in [9.17, 15) is 30.7 Å². The van der Waals surface area contributed by atoms with E-state index in [0.29, 0.717) is 18.3 Å². The zero-order valence-corrected chi connectivity index (χ0v) is 13.9. The number of rotatable bonds is 6. The van der Waals surface area contributed by atoms with Crippen molar-refractivity contribution in [3.63, 3.8) is 0 Å². The predicted octanol–water partition coefficient (Wildman–Crippen LogP) is 3.22. The minimum absolute atomic E-state index is 0.227. The third-order valence-electron chi connectivity index (χ3n) is 4.50. The van der Waals surface area contributed by atoms with E-state index in [2.05, 4.69) is 18.4 Å². The molecule has 1 aromatic heterocycles. The Hall–Kier alpha value is -1.37. The van der Waals surface area contributed by atoms with Gasteiger partial charge in [-0.3, -0.25) is 4.90 Å². The summed E-state index contributed by atoms with van der Waals surface area (Å²) in [7, 11) is 0. The van der Waals surface area contributed by atoms with E-state index in [1.54, 1.807) is 0 Å². The molecule has 0 saturated carbocycles. The first-order valence-electron chi connectivity index (χ1n) is 7.68. The molecule has 1 aromatic rings. The van der Waals surface area contributed by atoms with Gasteiger partial charge < -0.3 is 9.47 Å². The van der Waals surface area contributed by atoms with Crippen LogP contribution in [0.2, 0.25) is 0 Å². The molecule has 0 aliphatic carbocycles. The number of aromatic nitrogens is 2. The Morgan fingerprint density at radius 1 is 1.00 bits per heavy atom. The fourth-order valence-electron chi connectivity index (χ4n) is 2.98. The molecule has 0 radical (unpaired) electrons. The lowest BCUT2D eigenvalue weighted by Gasteiger charge is -2.43. The number of nitrogens with zero attached hydrogens (tertiary/aromatic N) is 3. The maximum atomic E-state index is 13.3. The highest BCUT2D eigenvalue weighted by atomic mass is 32.1. The molecule has 148 valence electrons. The van der Waals surface area contributed by atoms with Gasteiger partial charge in [0.1, 0.15) is 6.10 Å². The maximum Gasteiger partial charge on any atom is 0.460 e. The molecule has 3 fully saturated rings. The van der Waals surface area contributed by atoms with Crippen LogP contribution in [-0.4, -0.2) is 64.0 Å². The second kappa shape index (κ2) is 6.66. The first kappa shape index (κ1) is 19.4. The number of halogens is 7. The Balaban J connectivity index is 1.64. The number of piperidine rings is 3. The molecule has 3 aliphatic rings. The van der Waals surface area contributed by atoms with Crippen molar-refractivity contribution in [3.05, 3.63) is 0 Å². The molecule has 26 heavy (non-hydrogen) atoms. The summed E-state index contributed by atoms with van der Waals surface area (Å²) in [5.74, 6) is -12.4. The van der Waals surface area contributed by atoms with E-state index in [1.807, 2.05) is 0 Å². The number of hydrogen-bond donors (Lipinski definition) is 0. The van der Waals surface area contributed by atoms with Crippen LogP contribution in [0, 0.1) is 5.92 Å². The Morgan fingerprint density at radius 2 is 1.62 bits per heavy atom. The van der Waals surface area contributed by atoms with Crippen molar-refractivity contribution in [2.24, 2.45) is 5.92 Å². The number of ether oxygens (including phenoxy) is 2. The van der Waals surface area contributed by atoms with Crippen molar-refractivity contribution in [1.82, 2.24) is 13.6 Å². The lowest BCUT2D eigenvalue weighted by atomic mass is 9.86. The summed E-state index contributed by atoms with van der Waals surface area (Å²) in [6.45, 7) is 0.218. The van der Waals surface area contributed by atoms with Gasteiger partial charge in [-0.25, -0.2) is 0 Å². The molecule has 3 aliphatic heterocycles. The van der Waals surface area contributed by atoms with Crippen molar-refractivity contribution in [1.29, 1.82) is 0 Å². The zero-order valence-electron chi connectivity index (χ0n) is 13.1. The van der Waals surface area contributed by atoms with E-state index in [0.717, 1.165) is 25.9 Å². The molecule has 0 spiro atoms. The standard InChI is InChI=1S/C13H14F7N3O2S/c14-11(15,12(16,17)13(18,19)20)6-24-9-10(22-26-21-9)25-8-5-23-3-1-7(8)2-4-23/h7-8H,1-6H2. The molecule has 0 amide bonds. The highest BCUT2D eigenvalue weighted by Crippen LogP contribution is 2.46. The third kappa shape index (κ3) is 3.55. The van der Waals surface area contributed by atoms with Gasteiger partial charge >= 0.3 is 18.0 Å². The van der Waals surface area contributed by atoms with Crippen LogP contribution in [0.3, 0.4) is 0 Å². The third-order valence-corrected chi connectivity index (χ3v) is 4.99. The summed E-state index contributed by atoms with van der Waals surface area (Å²) in [4.78, 5) is 2.14. The molecular formula is C13H14F7N3O2S. The largest absolute Gasteiger partial charge is 0.468 e. The number of alkyl halides is 7. The average Bonchev–Trinajstić information content (AvgIpc) is 3.00. The fraction of sp³-hybridized carbons (Fsp3) is 0.846. The monoisotopic (exact) mass is 409 g/mol. The maximum absolute atomic E-state index is 13.3. The molecular weight excluding hydrogens is 395 g/mol. The second-order valence-electron chi connectivity index (χ2n) is 6.23. The molecule has 1 atom stereocenters. The average molecular weight is 409 g/mol. The van der Waals surface area contributed by atoms with Crippen molar-refractivity contribution < 1.29 is 40.2 Å². The summed E-state index contributed by atoms with van der Waals surface area (Å²) >= 11 is 0.520. The van der Waals surface area contributed by atoms with E-state index in [1.165, 1.54) is 0 Å². The molecule has 3 saturated heterocycles. The van der Waals surface area contributed by atoms with Gasteiger partial charge in [0.05, 0.1) is 11.7 Å². The first-order chi connectivity index (χ1) is 12.0. The van der Waals surface area contributed by atoms with Crippen molar-refractivity contribution in [2.75, 3.05) is 26.2 Å². The Kier molecular flexibility index (Phi) is 4.97. The van der Waals surface area contributed by atoms with Crippen LogP contribution in [-0.2, 0) is 0 Å². The van der Waals surface area contributed by atoms with E-state index in [-0.39, 0.29) is 17.9 Å². The van der Waals surface area contributed by atoms with Crippen LogP contribution in [0.15, 0.2) is 0 Å². The zero-order chi connectivity index (χ0) is 19.2. The van der Waals surface area contributed by atoms with Crippen LogP contribution in [0.25, 0.3) is 0 Å². The molecule has 13 heteroatoms. The van der Waals surface area contributed by atoms with Gasteiger partial charge in [0.25, 0.3) is 11.8 Å². The summed E-state index contributed by atoms with van der Waals surface area (Å²) in [6, 6.07) is 0. The number of hydrogen-bond acceptors (Lipinski definition) is 6. The van der Waals surface area contributed by atoms with Crippen LogP contribution < -0.4 is 9.47 Å². The summed E-state index contributed by atoms with van der Waals surface area (Å²) < 4.78 is 106. The van der Waals surface area contributed by atoms with Gasteiger partial charge in [0, 0.05) is 6.54 Å². The molecule has 1 unspecified atom stereocenters. The van der Waals surface area contributed by atoms with Crippen molar-refractivity contribution in [2.45, 2.75) is 37.0 Å². The minimum Gasteiger partial charge on any atom is -0.468 e. The summed E-state index contributed by atoms with van der Waals surface area (Å²) in [5.41, 5.74) is 0. The Labute approximate surface area is 147 Å². The smallest absolute Gasteiger partial charge is 0.460 e. The fourth-order valence-corrected chi connectivity index (χ4v) is 3.42. The number of fused-ring (bicyclic) bond motifs is 3. The van der Waals surface area contributed by atoms with Gasteiger partial charge in [0.15, 0.2) is 6.61 Å². The summed E-state index contributed by atoms with van der Waals surface area (Å²) in [5, 5.41) is 0. The van der Waals surface area contributed by atoms with Crippen LogP contribution >= 0.6 is 11.7 Å². The van der Waals surface area contributed by atoms with Crippen molar-refractivity contribution in [3.8, 4) is 11.8 Å². The highest BCUT2D eigenvalue weighted by Gasteiger charge is 2.73. The van der Waals surface area contributed by atoms with Gasteiger partial charge in [-0.05, 0) is 31.8 Å². The van der Waals surface area contributed by atoms with Gasteiger partial charge in [-0.2, -0.15) is 30.7 Å². The minimum atomic E-state index is -6.41. The van der Waals surface area contributed by atoms with E-state index in [4.69, 9.17) is 4.74 Å².